The van der Waals surface area contributed by atoms with Gasteiger partial charge in [0.1, 0.15) is 0 Å². The molecule has 0 unspecified atom stereocenters. The Labute approximate surface area is 92.2 Å². The first-order valence-electron chi connectivity index (χ1n) is 4.06. The van der Waals surface area contributed by atoms with E-state index in [4.69, 9.17) is 17.0 Å². The second kappa shape index (κ2) is 5.35. The van der Waals surface area contributed by atoms with Gasteiger partial charge in [0.15, 0.2) is 5.05 Å². The van der Waals surface area contributed by atoms with Crippen LogP contribution in [0.15, 0.2) is 28.7 Å². The summed E-state index contributed by atoms with van der Waals surface area (Å²) >= 11 is 8.19. The Morgan fingerprint density at radius 3 is 2.54 bits per heavy atom. The van der Waals surface area contributed by atoms with Crippen LogP contribution in [0.3, 0.4) is 0 Å². The summed E-state index contributed by atoms with van der Waals surface area (Å²) in [5, 5.41) is 0.608. The minimum absolute atomic E-state index is 0.608. The van der Waals surface area contributed by atoms with Gasteiger partial charge in [-0.15, -0.1) is 0 Å². The van der Waals surface area contributed by atoms with Crippen molar-refractivity contribution < 1.29 is 4.74 Å². The van der Waals surface area contributed by atoms with Crippen LogP contribution in [0, 0.1) is 0 Å². The van der Waals surface area contributed by atoms with Gasteiger partial charge in [0.05, 0.1) is 6.61 Å². The monoisotopic (exact) mass is 258 g/mol. The van der Waals surface area contributed by atoms with Gasteiger partial charge in [-0.1, -0.05) is 28.1 Å². The van der Waals surface area contributed by atoms with E-state index in [0.29, 0.717) is 11.7 Å². The lowest BCUT2D eigenvalue weighted by Crippen LogP contribution is -2.01. The fourth-order valence-electron chi connectivity index (χ4n) is 0.964. The van der Waals surface area contributed by atoms with Crippen LogP contribution in [0.1, 0.15) is 12.5 Å². The van der Waals surface area contributed by atoms with Crippen molar-refractivity contribution in [3.05, 3.63) is 34.3 Å². The lowest BCUT2D eigenvalue weighted by Gasteiger charge is -2.03. The molecular formula is C10H11BrOS. The van der Waals surface area contributed by atoms with E-state index in [2.05, 4.69) is 28.1 Å². The molecule has 0 amide bonds. The van der Waals surface area contributed by atoms with Crippen LogP contribution in [0.5, 0.6) is 0 Å². The van der Waals surface area contributed by atoms with Crippen LogP contribution in [0.2, 0.25) is 0 Å². The van der Waals surface area contributed by atoms with Crippen molar-refractivity contribution in [2.24, 2.45) is 0 Å². The van der Waals surface area contributed by atoms with Gasteiger partial charge in [-0.25, -0.2) is 0 Å². The van der Waals surface area contributed by atoms with Gasteiger partial charge in [-0.3, -0.25) is 0 Å². The van der Waals surface area contributed by atoms with Gasteiger partial charge >= 0.3 is 0 Å². The molecule has 0 heterocycles. The van der Waals surface area contributed by atoms with E-state index in [1.54, 1.807) is 6.92 Å². The van der Waals surface area contributed by atoms with Crippen molar-refractivity contribution in [1.29, 1.82) is 0 Å². The third kappa shape index (κ3) is 4.39. The lowest BCUT2D eigenvalue weighted by atomic mass is 10.2. The molecule has 0 N–H and O–H groups in total. The standard InChI is InChI=1S/C10H11BrOS/c1-8(13)12-7-6-9-2-4-10(11)5-3-9/h2-5H,6-7H2,1H3. The Kier molecular flexibility index (Phi) is 4.39. The molecule has 1 aromatic carbocycles. The van der Waals surface area contributed by atoms with Gasteiger partial charge < -0.3 is 4.74 Å². The minimum atomic E-state index is 0.608. The maximum absolute atomic E-state index is 5.20. The minimum Gasteiger partial charge on any atom is -0.487 e. The summed E-state index contributed by atoms with van der Waals surface area (Å²) in [5.74, 6) is 0. The van der Waals surface area contributed by atoms with Crippen LogP contribution in [0.25, 0.3) is 0 Å². The molecule has 0 aromatic heterocycles. The van der Waals surface area contributed by atoms with E-state index in [-0.39, 0.29) is 0 Å². The third-order valence-corrected chi connectivity index (χ3v) is 2.26. The Hall–Kier alpha value is -0.410. The first kappa shape index (κ1) is 10.7. The van der Waals surface area contributed by atoms with Crippen LogP contribution in [0.4, 0.5) is 0 Å². The maximum Gasteiger partial charge on any atom is 0.156 e. The van der Waals surface area contributed by atoms with E-state index < -0.39 is 0 Å². The van der Waals surface area contributed by atoms with Gasteiger partial charge in [0.25, 0.3) is 0 Å². The molecule has 0 aliphatic heterocycles. The molecule has 0 saturated carbocycles. The van der Waals surface area contributed by atoms with Crippen molar-refractivity contribution in [2.75, 3.05) is 6.61 Å². The largest absolute Gasteiger partial charge is 0.487 e. The molecule has 0 atom stereocenters. The highest BCUT2D eigenvalue weighted by Crippen LogP contribution is 2.10. The Morgan fingerprint density at radius 1 is 1.38 bits per heavy atom. The van der Waals surface area contributed by atoms with Crippen molar-refractivity contribution in [3.8, 4) is 0 Å². The Bertz CT molecular complexity index is 281. The number of rotatable bonds is 3. The average molecular weight is 259 g/mol. The topological polar surface area (TPSA) is 9.23 Å². The molecule has 1 nitrogen and oxygen atoms in total. The number of hydrogen-bond donors (Lipinski definition) is 0. The smallest absolute Gasteiger partial charge is 0.156 e. The predicted octanol–water partition coefficient (Wildman–Crippen LogP) is 3.36. The predicted molar refractivity (Wildman–Crippen MR) is 62.1 cm³/mol. The summed E-state index contributed by atoms with van der Waals surface area (Å²) in [6.45, 7) is 2.45. The number of benzene rings is 1. The Balaban J connectivity index is 2.37. The van der Waals surface area contributed by atoms with Crippen molar-refractivity contribution in [3.63, 3.8) is 0 Å². The van der Waals surface area contributed by atoms with E-state index in [9.17, 15) is 0 Å². The van der Waals surface area contributed by atoms with E-state index >= 15 is 0 Å². The number of ether oxygens (including phenoxy) is 1. The van der Waals surface area contributed by atoms with Gasteiger partial charge in [-0.05, 0) is 29.9 Å². The molecule has 0 aliphatic carbocycles. The molecule has 1 rings (SSSR count). The van der Waals surface area contributed by atoms with E-state index in [0.717, 1.165) is 10.9 Å². The SMILES string of the molecule is CC(=S)OCCc1ccc(Br)cc1. The first-order chi connectivity index (χ1) is 6.18. The summed E-state index contributed by atoms with van der Waals surface area (Å²) < 4.78 is 6.30. The molecule has 0 aliphatic rings. The summed E-state index contributed by atoms with van der Waals surface area (Å²) in [7, 11) is 0. The number of hydrogen-bond acceptors (Lipinski definition) is 2. The van der Waals surface area contributed by atoms with Gasteiger partial charge in [0.2, 0.25) is 0 Å². The normalized spacial score (nSPS) is 9.69. The second-order valence-electron chi connectivity index (χ2n) is 2.72. The molecule has 0 bridgehead atoms. The fourth-order valence-corrected chi connectivity index (χ4v) is 1.31. The zero-order chi connectivity index (χ0) is 9.68. The maximum atomic E-state index is 5.20. The zero-order valence-electron chi connectivity index (χ0n) is 7.42. The zero-order valence-corrected chi connectivity index (χ0v) is 9.82. The molecule has 0 spiro atoms. The number of thiocarbonyl (C=S) groups is 1. The van der Waals surface area contributed by atoms with Crippen molar-refractivity contribution >= 4 is 33.2 Å². The second-order valence-corrected chi connectivity index (χ2v) is 4.21. The molecule has 0 saturated heterocycles. The van der Waals surface area contributed by atoms with Crippen LogP contribution < -0.4 is 0 Å². The molecular weight excluding hydrogens is 248 g/mol. The molecule has 0 radical (unpaired) electrons. The third-order valence-electron chi connectivity index (χ3n) is 1.61. The van der Waals surface area contributed by atoms with E-state index in [1.165, 1.54) is 5.56 Å². The van der Waals surface area contributed by atoms with Gasteiger partial charge in [0, 0.05) is 17.8 Å². The van der Waals surface area contributed by atoms with Crippen LogP contribution in [-0.4, -0.2) is 11.7 Å². The van der Waals surface area contributed by atoms with Crippen molar-refractivity contribution in [1.82, 2.24) is 0 Å². The van der Waals surface area contributed by atoms with Gasteiger partial charge in [-0.2, -0.15) is 0 Å². The quantitative estimate of drug-likeness (QED) is 0.770. The summed E-state index contributed by atoms with van der Waals surface area (Å²) in [4.78, 5) is 0. The molecule has 13 heavy (non-hydrogen) atoms. The average Bonchev–Trinajstić information content (AvgIpc) is 2.08. The fraction of sp³-hybridized carbons (Fsp3) is 0.300. The number of halogens is 1. The molecule has 3 heteroatoms. The Morgan fingerprint density at radius 2 is 2.00 bits per heavy atom. The summed E-state index contributed by atoms with van der Waals surface area (Å²) in [6.07, 6.45) is 0.904. The molecule has 1 aromatic rings. The highest BCUT2D eigenvalue weighted by Gasteiger charge is 1.93. The highest BCUT2D eigenvalue weighted by molar-refractivity contribution is 9.10. The summed E-state index contributed by atoms with van der Waals surface area (Å²) in [5.41, 5.74) is 1.26. The van der Waals surface area contributed by atoms with Crippen LogP contribution >= 0.6 is 28.1 Å². The highest BCUT2D eigenvalue weighted by atomic mass is 79.9. The lowest BCUT2D eigenvalue weighted by molar-refractivity contribution is 0.315. The van der Waals surface area contributed by atoms with E-state index in [1.807, 2.05) is 12.1 Å². The van der Waals surface area contributed by atoms with Crippen molar-refractivity contribution in [2.45, 2.75) is 13.3 Å². The molecule has 0 fully saturated rings. The first-order valence-corrected chi connectivity index (χ1v) is 5.26. The van der Waals surface area contributed by atoms with Crippen LogP contribution in [-0.2, 0) is 11.2 Å². The summed E-state index contributed by atoms with van der Waals surface area (Å²) in [6, 6.07) is 8.21. The molecule has 70 valence electrons.